The first-order valence-electron chi connectivity index (χ1n) is 9.31. The average Bonchev–Trinajstić information content (AvgIpc) is 3.25. The number of carbonyl (C=O) groups excluding carboxylic acids is 1. The molecule has 6 nitrogen and oxygen atoms in total. The zero-order valence-electron chi connectivity index (χ0n) is 15.4. The van der Waals surface area contributed by atoms with Crippen LogP contribution in [0.5, 0.6) is 0 Å². The van der Waals surface area contributed by atoms with Crippen molar-refractivity contribution < 1.29 is 9.90 Å². The van der Waals surface area contributed by atoms with Crippen LogP contribution in [0.2, 0.25) is 10.0 Å². The van der Waals surface area contributed by atoms with Crippen molar-refractivity contribution in [3.63, 3.8) is 0 Å². The standard InChI is InChI=1S/C20H20Cl2N4O2/c1-25-5-3-15(24-25)11-6-13(21)18(22)19-17(11)12-7-20(4-2-14(12)23-19)9-26(10-20)16(28)8-27/h3,5-6,23,27H,2,4,7-10H2,1H3. The number of aromatic amines is 1. The van der Waals surface area contributed by atoms with E-state index in [2.05, 4.69) is 10.1 Å². The predicted molar refractivity (Wildman–Crippen MR) is 109 cm³/mol. The maximum absolute atomic E-state index is 11.8. The molecule has 28 heavy (non-hydrogen) atoms. The fraction of sp³-hybridized carbons (Fsp3) is 0.400. The topological polar surface area (TPSA) is 74.2 Å². The Morgan fingerprint density at radius 1 is 1.39 bits per heavy atom. The van der Waals surface area contributed by atoms with Crippen molar-refractivity contribution >= 4 is 40.0 Å². The SMILES string of the molecule is Cn1ccc(-c2cc(Cl)c(Cl)c3[nH]c4c(c23)CC2(CC4)CN(C(=O)CO)C2)n1. The molecule has 1 aliphatic heterocycles. The van der Waals surface area contributed by atoms with E-state index in [1.54, 1.807) is 9.58 Å². The number of halogens is 2. The first-order valence-corrected chi connectivity index (χ1v) is 10.1. The number of aliphatic hydroxyl groups is 1. The molecular formula is C20H20Cl2N4O2. The van der Waals surface area contributed by atoms with E-state index >= 15 is 0 Å². The van der Waals surface area contributed by atoms with Crippen LogP contribution in [0.15, 0.2) is 18.3 Å². The Morgan fingerprint density at radius 3 is 2.86 bits per heavy atom. The molecule has 1 amide bonds. The van der Waals surface area contributed by atoms with Crippen LogP contribution in [0, 0.1) is 5.41 Å². The minimum absolute atomic E-state index is 0.0699. The summed E-state index contributed by atoms with van der Waals surface area (Å²) in [5, 5.41) is 15.8. The van der Waals surface area contributed by atoms with Gasteiger partial charge in [0.15, 0.2) is 0 Å². The Balaban J connectivity index is 1.62. The van der Waals surface area contributed by atoms with Gasteiger partial charge in [0.05, 0.1) is 21.3 Å². The van der Waals surface area contributed by atoms with Gasteiger partial charge in [0.25, 0.3) is 0 Å². The maximum Gasteiger partial charge on any atom is 0.248 e. The molecule has 0 unspecified atom stereocenters. The molecule has 1 fully saturated rings. The van der Waals surface area contributed by atoms with Gasteiger partial charge >= 0.3 is 0 Å². The summed E-state index contributed by atoms with van der Waals surface area (Å²) in [5.74, 6) is -0.195. The van der Waals surface area contributed by atoms with Crippen molar-refractivity contribution in [1.29, 1.82) is 0 Å². The van der Waals surface area contributed by atoms with Gasteiger partial charge in [0.1, 0.15) is 6.61 Å². The lowest BCUT2D eigenvalue weighted by Gasteiger charge is -2.52. The lowest BCUT2D eigenvalue weighted by atomic mass is 9.67. The van der Waals surface area contributed by atoms with Crippen LogP contribution in [0.1, 0.15) is 17.7 Å². The quantitative estimate of drug-likeness (QED) is 0.670. The molecule has 146 valence electrons. The molecule has 5 rings (SSSR count). The summed E-state index contributed by atoms with van der Waals surface area (Å²) < 4.78 is 1.77. The van der Waals surface area contributed by atoms with E-state index in [9.17, 15) is 4.79 Å². The molecule has 1 aromatic carbocycles. The summed E-state index contributed by atoms with van der Waals surface area (Å²) in [6.45, 7) is 0.962. The van der Waals surface area contributed by atoms with Gasteiger partial charge in [-0.2, -0.15) is 5.10 Å². The smallest absolute Gasteiger partial charge is 0.248 e. The van der Waals surface area contributed by atoms with Crippen molar-refractivity contribution in [2.24, 2.45) is 12.5 Å². The predicted octanol–water partition coefficient (Wildman–Crippen LogP) is 3.18. The van der Waals surface area contributed by atoms with Gasteiger partial charge in [-0.1, -0.05) is 23.2 Å². The summed E-state index contributed by atoms with van der Waals surface area (Å²) in [7, 11) is 1.89. The van der Waals surface area contributed by atoms with Gasteiger partial charge < -0.3 is 15.0 Å². The number of H-pyrrole nitrogens is 1. The van der Waals surface area contributed by atoms with E-state index in [0.29, 0.717) is 23.1 Å². The number of likely N-dealkylation sites (tertiary alicyclic amines) is 1. The summed E-state index contributed by atoms with van der Waals surface area (Å²) >= 11 is 13.0. The molecule has 2 aromatic heterocycles. The van der Waals surface area contributed by atoms with E-state index in [1.807, 2.05) is 25.4 Å². The third-order valence-corrected chi connectivity index (χ3v) is 6.94. The Labute approximate surface area is 172 Å². The molecule has 1 aliphatic carbocycles. The lowest BCUT2D eigenvalue weighted by Crippen LogP contribution is -2.61. The Bertz CT molecular complexity index is 1110. The first-order chi connectivity index (χ1) is 13.4. The summed E-state index contributed by atoms with van der Waals surface area (Å²) in [4.78, 5) is 17.0. The molecule has 3 heterocycles. The van der Waals surface area contributed by atoms with Crippen molar-refractivity contribution in [2.75, 3.05) is 19.7 Å². The fourth-order valence-electron chi connectivity index (χ4n) is 4.77. The Kier molecular flexibility index (Phi) is 4.02. The molecule has 3 aromatic rings. The molecule has 1 spiro atoms. The minimum atomic E-state index is -0.424. The van der Waals surface area contributed by atoms with Crippen LogP contribution < -0.4 is 0 Å². The van der Waals surface area contributed by atoms with Crippen molar-refractivity contribution in [3.8, 4) is 11.3 Å². The number of hydrogen-bond acceptors (Lipinski definition) is 3. The zero-order valence-corrected chi connectivity index (χ0v) is 16.9. The van der Waals surface area contributed by atoms with Gasteiger partial charge in [-0.3, -0.25) is 9.48 Å². The van der Waals surface area contributed by atoms with E-state index in [4.69, 9.17) is 28.3 Å². The number of aromatic nitrogens is 3. The van der Waals surface area contributed by atoms with Crippen LogP contribution in [0.3, 0.4) is 0 Å². The van der Waals surface area contributed by atoms with Gasteiger partial charge in [0.2, 0.25) is 5.91 Å². The number of benzene rings is 1. The Hall–Kier alpha value is -2.02. The van der Waals surface area contributed by atoms with Gasteiger partial charge in [-0.15, -0.1) is 0 Å². The monoisotopic (exact) mass is 418 g/mol. The number of aliphatic hydroxyl groups excluding tert-OH is 1. The highest BCUT2D eigenvalue weighted by atomic mass is 35.5. The van der Waals surface area contributed by atoms with Crippen molar-refractivity contribution in [2.45, 2.75) is 19.3 Å². The molecule has 0 bridgehead atoms. The number of fused-ring (bicyclic) bond motifs is 3. The third-order valence-electron chi connectivity index (χ3n) is 6.15. The third kappa shape index (κ3) is 2.59. The molecule has 0 radical (unpaired) electrons. The lowest BCUT2D eigenvalue weighted by molar-refractivity contribution is -0.147. The molecular weight excluding hydrogens is 399 g/mol. The minimum Gasteiger partial charge on any atom is -0.387 e. The van der Waals surface area contributed by atoms with Gasteiger partial charge in [-0.05, 0) is 37.0 Å². The molecule has 1 saturated heterocycles. The van der Waals surface area contributed by atoms with E-state index in [0.717, 1.165) is 41.4 Å². The highest BCUT2D eigenvalue weighted by molar-refractivity contribution is 6.45. The second-order valence-corrected chi connectivity index (χ2v) is 8.80. The van der Waals surface area contributed by atoms with Crippen LogP contribution >= 0.6 is 23.2 Å². The number of nitrogens with one attached hydrogen (secondary N) is 1. The fourth-order valence-corrected chi connectivity index (χ4v) is 5.17. The molecule has 2 aliphatic rings. The normalized spacial score (nSPS) is 17.8. The van der Waals surface area contributed by atoms with Crippen LogP contribution in [0.25, 0.3) is 22.2 Å². The van der Waals surface area contributed by atoms with Crippen molar-refractivity contribution in [1.82, 2.24) is 19.7 Å². The highest BCUT2D eigenvalue weighted by Gasteiger charge is 2.47. The largest absolute Gasteiger partial charge is 0.387 e. The molecule has 8 heteroatoms. The molecule has 2 N–H and O–H groups in total. The molecule has 0 saturated carbocycles. The molecule has 0 atom stereocenters. The number of carbonyl (C=O) groups is 1. The van der Waals surface area contributed by atoms with Gasteiger partial charge in [0, 0.05) is 48.4 Å². The summed E-state index contributed by atoms with van der Waals surface area (Å²) in [5.41, 5.74) is 5.20. The van der Waals surface area contributed by atoms with Crippen LogP contribution in [-0.2, 0) is 24.7 Å². The van der Waals surface area contributed by atoms with Crippen molar-refractivity contribution in [3.05, 3.63) is 39.6 Å². The Morgan fingerprint density at radius 2 is 2.18 bits per heavy atom. The van der Waals surface area contributed by atoms with Crippen LogP contribution in [-0.4, -0.2) is 50.4 Å². The van der Waals surface area contributed by atoms with E-state index < -0.39 is 6.61 Å². The number of nitrogens with zero attached hydrogens (tertiary/aromatic N) is 3. The maximum atomic E-state index is 11.8. The average molecular weight is 419 g/mol. The number of amides is 1. The number of hydrogen-bond donors (Lipinski definition) is 2. The van der Waals surface area contributed by atoms with E-state index in [1.165, 1.54) is 11.3 Å². The second-order valence-electron chi connectivity index (χ2n) is 8.01. The summed E-state index contributed by atoms with van der Waals surface area (Å²) in [6, 6.07) is 3.87. The highest BCUT2D eigenvalue weighted by Crippen LogP contribution is 2.48. The number of rotatable bonds is 2. The number of aryl methyl sites for hydroxylation is 2. The second kappa shape index (κ2) is 6.24. The van der Waals surface area contributed by atoms with Gasteiger partial charge in [-0.25, -0.2) is 0 Å². The zero-order chi connectivity index (χ0) is 19.6. The summed E-state index contributed by atoms with van der Waals surface area (Å²) in [6.07, 6.45) is 4.69. The van der Waals surface area contributed by atoms with Crippen LogP contribution in [0.4, 0.5) is 0 Å². The first kappa shape index (κ1) is 18.0. The van der Waals surface area contributed by atoms with E-state index in [-0.39, 0.29) is 11.3 Å².